The van der Waals surface area contributed by atoms with Crippen LogP contribution in [0.5, 0.6) is 5.75 Å². The maximum absolute atomic E-state index is 12.5. The van der Waals surface area contributed by atoms with Crippen molar-refractivity contribution in [3.63, 3.8) is 0 Å². The summed E-state index contributed by atoms with van der Waals surface area (Å²) in [7, 11) is 0. The van der Waals surface area contributed by atoms with E-state index in [1.807, 2.05) is 34.9 Å². The van der Waals surface area contributed by atoms with Crippen LogP contribution in [0.15, 0.2) is 78.0 Å². The molecule has 0 unspecified atom stereocenters. The molecule has 1 amide bonds. The number of para-hydroxylation sites is 1. The van der Waals surface area contributed by atoms with E-state index in [4.69, 9.17) is 0 Å². The lowest BCUT2D eigenvalue weighted by molar-refractivity contribution is -0.385. The van der Waals surface area contributed by atoms with Gasteiger partial charge >= 0.3 is 0 Å². The fraction of sp³-hybridized carbons (Fsp3) is 0.0870. The molecule has 4 rings (SSSR count). The van der Waals surface area contributed by atoms with Gasteiger partial charge in [-0.25, -0.2) is 0 Å². The molecule has 9 nitrogen and oxygen atoms in total. The standard InChI is InChI=1S/C23H19N5O4S/c1-15-7-10-17(13-20(15)28(31)32)24-21(30)14-33-23-26-25-22(16-8-11-19(29)12-9-16)27(23)18-5-3-2-4-6-18/h2-13,29H,14H2,1H3,(H,24,30). The van der Waals surface area contributed by atoms with Gasteiger partial charge in [0.05, 0.1) is 10.7 Å². The number of carbonyl (C=O) groups excluding carboxylic acids is 1. The molecule has 0 saturated heterocycles. The van der Waals surface area contributed by atoms with Gasteiger partial charge in [-0.1, -0.05) is 36.0 Å². The molecule has 10 heteroatoms. The SMILES string of the molecule is Cc1ccc(NC(=O)CSc2nnc(-c3ccc(O)cc3)n2-c2ccccc2)cc1[N+](=O)[O-]. The Morgan fingerprint density at radius 2 is 1.82 bits per heavy atom. The normalized spacial score (nSPS) is 10.7. The summed E-state index contributed by atoms with van der Waals surface area (Å²) in [4.78, 5) is 23.2. The number of anilines is 1. The molecule has 166 valence electrons. The summed E-state index contributed by atoms with van der Waals surface area (Å²) in [6, 6.07) is 20.7. The van der Waals surface area contributed by atoms with E-state index in [1.165, 1.54) is 17.8 Å². The van der Waals surface area contributed by atoms with Crippen molar-refractivity contribution in [2.24, 2.45) is 0 Å². The molecule has 0 radical (unpaired) electrons. The second-order valence-electron chi connectivity index (χ2n) is 7.12. The smallest absolute Gasteiger partial charge is 0.274 e. The maximum Gasteiger partial charge on any atom is 0.274 e. The lowest BCUT2D eigenvalue weighted by atomic mass is 10.2. The van der Waals surface area contributed by atoms with Gasteiger partial charge in [-0.2, -0.15) is 0 Å². The predicted molar refractivity (Wildman–Crippen MR) is 126 cm³/mol. The van der Waals surface area contributed by atoms with Crippen molar-refractivity contribution in [1.29, 1.82) is 0 Å². The fourth-order valence-electron chi connectivity index (χ4n) is 3.18. The number of benzene rings is 3. The second-order valence-corrected chi connectivity index (χ2v) is 8.06. The Morgan fingerprint density at radius 3 is 2.52 bits per heavy atom. The van der Waals surface area contributed by atoms with Crippen LogP contribution in [0.2, 0.25) is 0 Å². The Bertz CT molecular complexity index is 1310. The van der Waals surface area contributed by atoms with Gasteiger partial charge in [0.15, 0.2) is 11.0 Å². The summed E-state index contributed by atoms with van der Waals surface area (Å²) in [6.07, 6.45) is 0. The van der Waals surface area contributed by atoms with Crippen molar-refractivity contribution < 1.29 is 14.8 Å². The number of carbonyl (C=O) groups is 1. The summed E-state index contributed by atoms with van der Waals surface area (Å²) < 4.78 is 1.83. The fourth-order valence-corrected chi connectivity index (χ4v) is 3.93. The molecule has 3 aromatic carbocycles. The molecule has 0 aliphatic carbocycles. The van der Waals surface area contributed by atoms with Crippen LogP contribution >= 0.6 is 11.8 Å². The molecule has 0 bridgehead atoms. The van der Waals surface area contributed by atoms with E-state index in [2.05, 4.69) is 15.5 Å². The van der Waals surface area contributed by atoms with Crippen LogP contribution in [0, 0.1) is 17.0 Å². The zero-order chi connectivity index (χ0) is 23.4. The van der Waals surface area contributed by atoms with E-state index in [-0.39, 0.29) is 23.1 Å². The molecule has 0 fully saturated rings. The molecule has 0 aliphatic heterocycles. The summed E-state index contributed by atoms with van der Waals surface area (Å²) in [6.45, 7) is 1.64. The molecule has 0 saturated carbocycles. The quantitative estimate of drug-likeness (QED) is 0.234. The van der Waals surface area contributed by atoms with Crippen molar-refractivity contribution in [2.75, 3.05) is 11.1 Å². The predicted octanol–water partition coefficient (Wildman–Crippen LogP) is 4.59. The van der Waals surface area contributed by atoms with Gasteiger partial charge in [0.25, 0.3) is 5.69 Å². The summed E-state index contributed by atoms with van der Waals surface area (Å²) >= 11 is 1.20. The summed E-state index contributed by atoms with van der Waals surface area (Å²) in [5.74, 6) is 0.416. The summed E-state index contributed by atoms with van der Waals surface area (Å²) in [5, 5.41) is 32.5. The Labute approximate surface area is 193 Å². The van der Waals surface area contributed by atoms with Crippen molar-refractivity contribution in [3.05, 3.63) is 88.5 Å². The third-order valence-corrected chi connectivity index (χ3v) is 5.72. The van der Waals surface area contributed by atoms with Crippen molar-refractivity contribution in [2.45, 2.75) is 12.1 Å². The van der Waals surface area contributed by atoms with Crippen LogP contribution in [0.4, 0.5) is 11.4 Å². The highest BCUT2D eigenvalue weighted by atomic mass is 32.2. The molecule has 0 spiro atoms. The first-order valence-corrected chi connectivity index (χ1v) is 10.9. The van der Waals surface area contributed by atoms with E-state index in [1.54, 1.807) is 43.3 Å². The minimum Gasteiger partial charge on any atom is -0.508 e. The molecule has 0 atom stereocenters. The number of hydrogen-bond acceptors (Lipinski definition) is 7. The van der Waals surface area contributed by atoms with Gasteiger partial charge in [-0.3, -0.25) is 19.5 Å². The zero-order valence-corrected chi connectivity index (χ0v) is 18.3. The van der Waals surface area contributed by atoms with E-state index in [0.29, 0.717) is 22.2 Å². The number of aromatic nitrogens is 3. The van der Waals surface area contributed by atoms with Gasteiger partial charge in [-0.05, 0) is 49.4 Å². The van der Waals surface area contributed by atoms with E-state index in [0.717, 1.165) is 11.3 Å². The maximum atomic E-state index is 12.5. The number of nitro benzene ring substituents is 1. The molecular weight excluding hydrogens is 442 g/mol. The number of aryl methyl sites for hydroxylation is 1. The number of aromatic hydroxyl groups is 1. The van der Waals surface area contributed by atoms with Gasteiger partial charge < -0.3 is 10.4 Å². The second kappa shape index (κ2) is 9.53. The largest absolute Gasteiger partial charge is 0.508 e. The van der Waals surface area contributed by atoms with Gasteiger partial charge in [0.2, 0.25) is 5.91 Å². The van der Waals surface area contributed by atoms with Crippen molar-refractivity contribution in [1.82, 2.24) is 14.8 Å². The Kier molecular flexibility index (Phi) is 6.36. The number of thioether (sulfide) groups is 1. The Morgan fingerprint density at radius 1 is 1.09 bits per heavy atom. The highest BCUT2D eigenvalue weighted by molar-refractivity contribution is 7.99. The minimum atomic E-state index is -0.479. The Hall–Kier alpha value is -4.18. The topological polar surface area (TPSA) is 123 Å². The molecular formula is C23H19N5O4S. The van der Waals surface area contributed by atoms with Crippen LogP contribution in [0.3, 0.4) is 0 Å². The number of nitrogens with zero attached hydrogens (tertiary/aromatic N) is 4. The highest BCUT2D eigenvalue weighted by Crippen LogP contribution is 2.29. The molecule has 1 heterocycles. The van der Waals surface area contributed by atoms with Crippen LogP contribution in [-0.4, -0.2) is 36.5 Å². The third-order valence-electron chi connectivity index (χ3n) is 4.80. The van der Waals surface area contributed by atoms with Crippen molar-refractivity contribution in [3.8, 4) is 22.8 Å². The van der Waals surface area contributed by atoms with Gasteiger partial charge in [0.1, 0.15) is 5.75 Å². The van der Waals surface area contributed by atoms with Crippen LogP contribution < -0.4 is 5.32 Å². The van der Waals surface area contributed by atoms with Gasteiger partial charge in [0, 0.05) is 28.6 Å². The first kappa shape index (κ1) is 22.0. The van der Waals surface area contributed by atoms with Gasteiger partial charge in [-0.15, -0.1) is 10.2 Å². The van der Waals surface area contributed by atoms with E-state index < -0.39 is 4.92 Å². The number of nitrogens with one attached hydrogen (secondary N) is 1. The average Bonchev–Trinajstić information content (AvgIpc) is 3.24. The number of phenols is 1. The number of amides is 1. The first-order valence-electron chi connectivity index (χ1n) is 9.90. The summed E-state index contributed by atoms with van der Waals surface area (Å²) in [5.41, 5.74) is 2.40. The van der Waals surface area contributed by atoms with E-state index in [9.17, 15) is 20.0 Å². The van der Waals surface area contributed by atoms with Crippen LogP contribution in [0.1, 0.15) is 5.56 Å². The zero-order valence-electron chi connectivity index (χ0n) is 17.5. The number of nitro groups is 1. The average molecular weight is 462 g/mol. The third kappa shape index (κ3) is 5.01. The number of hydrogen-bond donors (Lipinski definition) is 2. The van der Waals surface area contributed by atoms with Crippen LogP contribution in [-0.2, 0) is 4.79 Å². The highest BCUT2D eigenvalue weighted by Gasteiger charge is 2.18. The van der Waals surface area contributed by atoms with E-state index >= 15 is 0 Å². The van der Waals surface area contributed by atoms with Crippen molar-refractivity contribution >= 4 is 29.0 Å². The van der Waals surface area contributed by atoms with Crippen LogP contribution in [0.25, 0.3) is 17.1 Å². The molecule has 0 aliphatic rings. The lowest BCUT2D eigenvalue weighted by Crippen LogP contribution is -2.14. The first-order chi connectivity index (χ1) is 15.9. The molecule has 33 heavy (non-hydrogen) atoms. The minimum absolute atomic E-state index is 0.0300. The number of phenolic OH excluding ortho intramolecular Hbond substituents is 1. The Balaban J connectivity index is 1.56. The molecule has 1 aromatic heterocycles. The monoisotopic (exact) mass is 461 g/mol. The number of rotatable bonds is 7. The lowest BCUT2D eigenvalue weighted by Gasteiger charge is -2.10. The molecule has 4 aromatic rings. The molecule has 2 N–H and O–H groups in total.